The zero-order valence-electron chi connectivity index (χ0n) is 11.9. The number of amides is 1. The van der Waals surface area contributed by atoms with Gasteiger partial charge in [-0.05, 0) is 6.92 Å². The Labute approximate surface area is 124 Å². The molecule has 8 nitrogen and oxygen atoms in total. The van der Waals surface area contributed by atoms with E-state index in [1.807, 2.05) is 0 Å². The van der Waals surface area contributed by atoms with Gasteiger partial charge in [-0.15, -0.1) is 0 Å². The molecule has 8 heteroatoms. The Morgan fingerprint density at radius 3 is 2.45 bits per heavy atom. The molecular weight excluding hydrogens is 292 g/mol. The molecule has 0 unspecified atom stereocenters. The smallest absolute Gasteiger partial charge is 0.341 e. The molecule has 2 aromatic rings. The standard InChI is InChI=1S/C14H14N2O6/c1-3-16-5-7(14(21)22)12(19)10-8(16)4-9(18)13(20)11(10)15-6(2)17/h4-5,18,20H,3H2,1-2H3,(H,15,17)(H,21,22). The largest absolute Gasteiger partial charge is 0.504 e. The molecule has 116 valence electrons. The van der Waals surface area contributed by atoms with Gasteiger partial charge in [-0.1, -0.05) is 0 Å². The van der Waals surface area contributed by atoms with Gasteiger partial charge >= 0.3 is 5.97 Å². The van der Waals surface area contributed by atoms with Crippen LogP contribution in [-0.4, -0.2) is 31.8 Å². The highest BCUT2D eigenvalue weighted by Crippen LogP contribution is 2.38. The number of aryl methyl sites for hydroxylation is 1. The van der Waals surface area contributed by atoms with Gasteiger partial charge in [0, 0.05) is 25.7 Å². The van der Waals surface area contributed by atoms with Gasteiger partial charge in [0.25, 0.3) is 0 Å². The van der Waals surface area contributed by atoms with Crippen LogP contribution in [0.25, 0.3) is 10.9 Å². The molecule has 1 amide bonds. The molecule has 0 spiro atoms. The highest BCUT2D eigenvalue weighted by atomic mass is 16.4. The summed E-state index contributed by atoms with van der Waals surface area (Å²) in [6.45, 7) is 3.20. The van der Waals surface area contributed by atoms with Gasteiger partial charge in [-0.2, -0.15) is 0 Å². The molecular formula is C14H14N2O6. The summed E-state index contributed by atoms with van der Waals surface area (Å²) < 4.78 is 1.44. The Bertz CT molecular complexity index is 853. The van der Waals surface area contributed by atoms with Gasteiger partial charge in [-0.25, -0.2) is 4.79 Å². The molecule has 0 aliphatic rings. The first-order valence-electron chi connectivity index (χ1n) is 6.40. The number of hydrogen-bond acceptors (Lipinski definition) is 5. The topological polar surface area (TPSA) is 129 Å². The lowest BCUT2D eigenvalue weighted by molar-refractivity contribution is -0.114. The average Bonchev–Trinajstić information content (AvgIpc) is 2.43. The summed E-state index contributed by atoms with van der Waals surface area (Å²) in [5.74, 6) is -3.22. The van der Waals surface area contributed by atoms with Crippen LogP contribution in [0.3, 0.4) is 0 Å². The Balaban J connectivity index is 3.06. The van der Waals surface area contributed by atoms with Gasteiger partial charge in [0.15, 0.2) is 11.5 Å². The van der Waals surface area contributed by atoms with E-state index in [9.17, 15) is 24.6 Å². The van der Waals surface area contributed by atoms with E-state index in [0.717, 1.165) is 19.2 Å². The van der Waals surface area contributed by atoms with Crippen molar-refractivity contribution in [1.82, 2.24) is 4.57 Å². The van der Waals surface area contributed by atoms with Gasteiger partial charge in [0.1, 0.15) is 11.3 Å². The fourth-order valence-corrected chi connectivity index (χ4v) is 2.23. The molecule has 22 heavy (non-hydrogen) atoms. The van der Waals surface area contributed by atoms with Crippen LogP contribution in [0.4, 0.5) is 5.69 Å². The number of carboxylic acid groups (broad SMARTS) is 1. The minimum atomic E-state index is -1.42. The quantitative estimate of drug-likeness (QED) is 0.628. The van der Waals surface area contributed by atoms with Crippen LogP contribution >= 0.6 is 0 Å². The Hall–Kier alpha value is -3.03. The molecule has 0 atom stereocenters. The number of carboxylic acids is 1. The maximum absolute atomic E-state index is 12.4. The van der Waals surface area contributed by atoms with Crippen molar-refractivity contribution in [2.75, 3.05) is 5.32 Å². The first-order chi connectivity index (χ1) is 10.3. The third-order valence-corrected chi connectivity index (χ3v) is 3.20. The van der Waals surface area contributed by atoms with E-state index in [-0.39, 0.29) is 16.6 Å². The Kier molecular flexibility index (Phi) is 3.77. The SMILES string of the molecule is CCn1cc(C(=O)O)c(=O)c2c(NC(C)=O)c(O)c(O)cc21. The number of carbonyl (C=O) groups excluding carboxylic acids is 1. The summed E-state index contributed by atoms with van der Waals surface area (Å²) in [7, 11) is 0. The minimum Gasteiger partial charge on any atom is -0.504 e. The molecule has 0 saturated carbocycles. The first kappa shape index (κ1) is 15.4. The molecule has 0 radical (unpaired) electrons. The van der Waals surface area contributed by atoms with E-state index < -0.39 is 34.4 Å². The van der Waals surface area contributed by atoms with Crippen molar-refractivity contribution in [2.45, 2.75) is 20.4 Å². The lowest BCUT2D eigenvalue weighted by atomic mass is 10.1. The monoisotopic (exact) mass is 306 g/mol. The van der Waals surface area contributed by atoms with Crippen molar-refractivity contribution in [2.24, 2.45) is 0 Å². The molecule has 0 aliphatic carbocycles. The number of anilines is 1. The van der Waals surface area contributed by atoms with E-state index in [0.29, 0.717) is 6.54 Å². The summed E-state index contributed by atoms with van der Waals surface area (Å²) in [6, 6.07) is 1.15. The Morgan fingerprint density at radius 1 is 1.32 bits per heavy atom. The highest BCUT2D eigenvalue weighted by molar-refractivity contribution is 6.06. The normalized spacial score (nSPS) is 10.6. The molecule has 0 fully saturated rings. The Morgan fingerprint density at radius 2 is 1.95 bits per heavy atom. The maximum Gasteiger partial charge on any atom is 0.341 e. The molecule has 2 rings (SSSR count). The van der Waals surface area contributed by atoms with E-state index in [1.165, 1.54) is 4.57 Å². The summed E-state index contributed by atoms with van der Waals surface area (Å²) in [5, 5.41) is 30.9. The van der Waals surface area contributed by atoms with Crippen LogP contribution in [0, 0.1) is 0 Å². The molecule has 1 aromatic heterocycles. The van der Waals surface area contributed by atoms with Crippen LogP contribution in [0.1, 0.15) is 24.2 Å². The van der Waals surface area contributed by atoms with Crippen molar-refractivity contribution >= 4 is 28.5 Å². The summed E-state index contributed by atoms with van der Waals surface area (Å²) in [5.41, 5.74) is -1.45. The first-order valence-corrected chi connectivity index (χ1v) is 6.40. The summed E-state index contributed by atoms with van der Waals surface area (Å²) in [6.07, 6.45) is 1.15. The van der Waals surface area contributed by atoms with Crippen molar-refractivity contribution in [3.63, 3.8) is 0 Å². The fraction of sp³-hybridized carbons (Fsp3) is 0.214. The number of nitrogens with one attached hydrogen (secondary N) is 1. The second-order valence-electron chi connectivity index (χ2n) is 4.66. The van der Waals surface area contributed by atoms with Crippen LogP contribution in [-0.2, 0) is 11.3 Å². The number of phenolic OH excluding ortho intramolecular Hbond substituents is 2. The number of phenols is 2. The number of rotatable bonds is 3. The predicted molar refractivity (Wildman–Crippen MR) is 78.5 cm³/mol. The number of aromatic hydroxyl groups is 2. The number of aromatic carboxylic acids is 1. The highest BCUT2D eigenvalue weighted by Gasteiger charge is 2.21. The molecule has 0 aliphatic heterocycles. The van der Waals surface area contributed by atoms with Crippen LogP contribution in [0.5, 0.6) is 11.5 Å². The zero-order valence-corrected chi connectivity index (χ0v) is 11.9. The molecule has 0 saturated heterocycles. The van der Waals surface area contributed by atoms with Gasteiger partial charge in [-0.3, -0.25) is 9.59 Å². The molecule has 1 aromatic carbocycles. The van der Waals surface area contributed by atoms with E-state index in [4.69, 9.17) is 5.11 Å². The third-order valence-electron chi connectivity index (χ3n) is 3.20. The fourth-order valence-electron chi connectivity index (χ4n) is 2.23. The lowest BCUT2D eigenvalue weighted by Gasteiger charge is -2.15. The number of carbonyl (C=O) groups is 2. The molecule has 0 bridgehead atoms. The van der Waals surface area contributed by atoms with Gasteiger partial charge in [0.05, 0.1) is 10.9 Å². The number of pyridine rings is 1. The van der Waals surface area contributed by atoms with E-state index in [1.54, 1.807) is 6.92 Å². The molecule has 4 N–H and O–H groups in total. The van der Waals surface area contributed by atoms with E-state index >= 15 is 0 Å². The minimum absolute atomic E-state index is 0.174. The number of aromatic nitrogens is 1. The summed E-state index contributed by atoms with van der Waals surface area (Å²) in [4.78, 5) is 34.8. The lowest BCUT2D eigenvalue weighted by Crippen LogP contribution is -2.20. The maximum atomic E-state index is 12.4. The van der Waals surface area contributed by atoms with Crippen LogP contribution < -0.4 is 10.7 Å². The van der Waals surface area contributed by atoms with Crippen molar-refractivity contribution in [3.8, 4) is 11.5 Å². The molecule has 1 heterocycles. The second-order valence-corrected chi connectivity index (χ2v) is 4.66. The van der Waals surface area contributed by atoms with Crippen molar-refractivity contribution in [1.29, 1.82) is 0 Å². The van der Waals surface area contributed by atoms with E-state index in [2.05, 4.69) is 5.32 Å². The second kappa shape index (κ2) is 5.40. The van der Waals surface area contributed by atoms with Crippen molar-refractivity contribution in [3.05, 3.63) is 28.0 Å². The van der Waals surface area contributed by atoms with Crippen LogP contribution in [0.15, 0.2) is 17.1 Å². The summed E-state index contributed by atoms with van der Waals surface area (Å²) >= 11 is 0. The number of hydrogen-bond donors (Lipinski definition) is 4. The van der Waals surface area contributed by atoms with Gasteiger partial charge < -0.3 is 25.2 Å². The predicted octanol–water partition coefficient (Wildman–Crippen LogP) is 1.09. The van der Waals surface area contributed by atoms with Crippen LogP contribution in [0.2, 0.25) is 0 Å². The zero-order chi connectivity index (χ0) is 16.6. The number of fused-ring (bicyclic) bond motifs is 1. The van der Waals surface area contributed by atoms with Crippen molar-refractivity contribution < 1.29 is 24.9 Å². The average molecular weight is 306 g/mol. The van der Waals surface area contributed by atoms with Gasteiger partial charge in [0.2, 0.25) is 11.3 Å². The number of nitrogens with zero attached hydrogens (tertiary/aromatic N) is 1. The number of benzene rings is 1. The third kappa shape index (κ3) is 2.34.